The quantitative estimate of drug-likeness (QED) is 0.344. The zero-order valence-electron chi connectivity index (χ0n) is 15.5. The van der Waals surface area contributed by atoms with Gasteiger partial charge >= 0.3 is 0 Å². The van der Waals surface area contributed by atoms with Crippen molar-refractivity contribution in [2.24, 2.45) is 5.16 Å². The molecular weight excluding hydrogens is 389 g/mol. The molecule has 0 atom stereocenters. The number of aromatic hydroxyl groups is 1. The first-order chi connectivity index (χ1) is 12.7. The van der Waals surface area contributed by atoms with Gasteiger partial charge in [0.25, 0.3) is 0 Å². The number of hydrogen-bond donors (Lipinski definition) is 1. The molecule has 0 aliphatic heterocycles. The van der Waals surface area contributed by atoms with Crippen LogP contribution in [0.15, 0.2) is 41.6 Å². The van der Waals surface area contributed by atoms with Gasteiger partial charge in [-0.05, 0) is 50.6 Å². The summed E-state index contributed by atoms with van der Waals surface area (Å²) in [6, 6.07) is 10.3. The number of oxime groups is 1. The number of benzene rings is 2. The normalized spacial score (nSPS) is 11.6. The molecule has 0 radical (unpaired) electrons. The van der Waals surface area contributed by atoms with Crippen LogP contribution < -0.4 is 9.47 Å². The van der Waals surface area contributed by atoms with Crippen LogP contribution in [0, 0.1) is 0 Å². The lowest BCUT2D eigenvalue weighted by Gasteiger charge is -2.14. The fraction of sp³-hybridized carbons (Fsp3) is 0.350. The van der Waals surface area contributed by atoms with E-state index >= 15 is 0 Å². The average molecular weight is 412 g/mol. The lowest BCUT2D eigenvalue weighted by atomic mass is 10.2. The summed E-state index contributed by atoms with van der Waals surface area (Å²) in [5, 5.41) is 13.9. The van der Waals surface area contributed by atoms with Crippen LogP contribution in [-0.2, 0) is 4.84 Å². The first-order valence-electron chi connectivity index (χ1n) is 8.50. The predicted molar refractivity (Wildman–Crippen MR) is 109 cm³/mol. The van der Waals surface area contributed by atoms with Crippen molar-refractivity contribution in [2.45, 2.75) is 32.8 Å². The Labute approximate surface area is 169 Å². The van der Waals surface area contributed by atoms with Gasteiger partial charge in [0.2, 0.25) is 0 Å². The molecule has 0 fully saturated rings. The van der Waals surface area contributed by atoms with Crippen LogP contribution in [-0.4, -0.2) is 30.1 Å². The fourth-order valence-electron chi connectivity index (χ4n) is 2.00. The van der Waals surface area contributed by atoms with E-state index in [9.17, 15) is 5.11 Å². The van der Waals surface area contributed by atoms with E-state index in [1.54, 1.807) is 6.21 Å². The minimum absolute atomic E-state index is 0.000793. The summed E-state index contributed by atoms with van der Waals surface area (Å²) in [6.45, 7) is 6.69. The Balaban J connectivity index is 1.73. The molecule has 1 N–H and O–H groups in total. The molecule has 0 bridgehead atoms. The van der Waals surface area contributed by atoms with Crippen LogP contribution in [0.1, 0.15) is 32.8 Å². The smallest absolute Gasteiger partial charge is 0.156 e. The summed E-state index contributed by atoms with van der Waals surface area (Å²) < 4.78 is 11.2. The predicted octanol–water partition coefficient (Wildman–Crippen LogP) is 5.70. The number of phenols is 1. The second-order valence-electron chi connectivity index (χ2n) is 6.80. The minimum Gasteiger partial charge on any atom is -0.508 e. The van der Waals surface area contributed by atoms with Gasteiger partial charge < -0.3 is 19.4 Å². The molecule has 0 aromatic heterocycles. The van der Waals surface area contributed by atoms with Gasteiger partial charge in [0.05, 0.1) is 29.5 Å². The summed E-state index contributed by atoms with van der Waals surface area (Å²) in [5.74, 6) is 1.11. The van der Waals surface area contributed by atoms with Crippen LogP contribution in [0.4, 0.5) is 0 Å². The van der Waals surface area contributed by atoms with Crippen molar-refractivity contribution in [3.63, 3.8) is 0 Å². The van der Waals surface area contributed by atoms with E-state index in [4.69, 9.17) is 37.5 Å². The summed E-state index contributed by atoms with van der Waals surface area (Å²) in [4.78, 5) is 5.31. The highest BCUT2D eigenvalue weighted by Gasteiger charge is 2.10. The molecule has 27 heavy (non-hydrogen) atoms. The van der Waals surface area contributed by atoms with Gasteiger partial charge in [-0.15, -0.1) is 0 Å². The Morgan fingerprint density at radius 2 is 1.59 bits per heavy atom. The molecule has 7 heteroatoms. The largest absolute Gasteiger partial charge is 0.508 e. The van der Waals surface area contributed by atoms with Gasteiger partial charge in [0.1, 0.15) is 17.1 Å². The molecular formula is C20H23Cl2NO4. The van der Waals surface area contributed by atoms with Crippen LogP contribution in [0.3, 0.4) is 0 Å². The van der Waals surface area contributed by atoms with Gasteiger partial charge in [-0.3, -0.25) is 0 Å². The maximum absolute atomic E-state index is 9.40. The fourth-order valence-corrected chi connectivity index (χ4v) is 2.59. The van der Waals surface area contributed by atoms with Gasteiger partial charge in [-0.1, -0.05) is 28.4 Å². The number of rotatable bonds is 8. The van der Waals surface area contributed by atoms with Gasteiger partial charge in [-0.25, -0.2) is 0 Å². The van der Waals surface area contributed by atoms with Gasteiger partial charge in [0.15, 0.2) is 5.75 Å². The number of nitrogens with zero attached hydrogens (tertiary/aromatic N) is 1. The third kappa shape index (κ3) is 7.57. The highest BCUT2D eigenvalue weighted by atomic mass is 35.5. The Hall–Kier alpha value is -2.11. The third-order valence-electron chi connectivity index (χ3n) is 3.20. The van der Waals surface area contributed by atoms with E-state index in [0.29, 0.717) is 25.4 Å². The second-order valence-corrected chi connectivity index (χ2v) is 7.61. The highest BCUT2D eigenvalue weighted by molar-refractivity contribution is 6.37. The first-order valence-corrected chi connectivity index (χ1v) is 9.25. The molecule has 0 aliphatic carbocycles. The van der Waals surface area contributed by atoms with Crippen molar-refractivity contribution >= 4 is 29.4 Å². The standard InChI is InChI=1S/C20H23Cl2NO4/c1-20(2,3)27-23-13-14-5-7-16(8-6-14)25-9-4-10-26-19-17(21)11-15(24)12-18(19)22/h5-8,11-13,24H,4,9-10H2,1-3H3/b23-13+. The van der Waals surface area contributed by atoms with E-state index < -0.39 is 0 Å². The molecule has 2 aromatic carbocycles. The van der Waals surface area contributed by atoms with E-state index in [0.717, 1.165) is 11.3 Å². The van der Waals surface area contributed by atoms with Crippen molar-refractivity contribution < 1.29 is 19.4 Å². The zero-order valence-corrected chi connectivity index (χ0v) is 17.0. The highest BCUT2D eigenvalue weighted by Crippen LogP contribution is 2.36. The molecule has 0 spiro atoms. The Kier molecular flexibility index (Phi) is 7.63. The third-order valence-corrected chi connectivity index (χ3v) is 3.76. The molecule has 5 nitrogen and oxygen atoms in total. The molecule has 0 saturated carbocycles. The van der Waals surface area contributed by atoms with Crippen molar-refractivity contribution in [3.8, 4) is 17.2 Å². The van der Waals surface area contributed by atoms with Crippen molar-refractivity contribution in [1.29, 1.82) is 0 Å². The van der Waals surface area contributed by atoms with Gasteiger partial charge in [-0.2, -0.15) is 0 Å². The number of phenolic OH excluding ortho intramolecular Hbond substituents is 1. The molecule has 0 heterocycles. The minimum atomic E-state index is -0.309. The lowest BCUT2D eigenvalue weighted by molar-refractivity contribution is 0.00199. The molecule has 146 valence electrons. The zero-order chi connectivity index (χ0) is 19.9. The van der Waals surface area contributed by atoms with Crippen LogP contribution >= 0.6 is 23.2 Å². The van der Waals surface area contributed by atoms with Crippen molar-refractivity contribution in [1.82, 2.24) is 0 Å². The Morgan fingerprint density at radius 1 is 1.00 bits per heavy atom. The summed E-state index contributed by atoms with van der Waals surface area (Å²) in [6.07, 6.45) is 2.31. The van der Waals surface area contributed by atoms with Crippen LogP contribution in [0.2, 0.25) is 10.0 Å². The molecule has 2 aromatic rings. The number of hydrogen-bond acceptors (Lipinski definition) is 5. The molecule has 0 saturated heterocycles. The monoisotopic (exact) mass is 411 g/mol. The molecule has 2 rings (SSSR count). The molecule has 0 unspecified atom stereocenters. The molecule has 0 amide bonds. The maximum Gasteiger partial charge on any atom is 0.156 e. The van der Waals surface area contributed by atoms with Crippen molar-refractivity contribution in [2.75, 3.05) is 13.2 Å². The van der Waals surface area contributed by atoms with E-state index in [-0.39, 0.29) is 21.4 Å². The topological polar surface area (TPSA) is 60.3 Å². The van der Waals surface area contributed by atoms with Crippen LogP contribution in [0.5, 0.6) is 17.2 Å². The number of ether oxygens (including phenoxy) is 2. The van der Waals surface area contributed by atoms with E-state index in [1.807, 2.05) is 45.0 Å². The second kappa shape index (κ2) is 9.72. The Morgan fingerprint density at radius 3 is 2.19 bits per heavy atom. The van der Waals surface area contributed by atoms with E-state index in [1.165, 1.54) is 12.1 Å². The summed E-state index contributed by atoms with van der Waals surface area (Å²) >= 11 is 12.0. The van der Waals surface area contributed by atoms with Crippen molar-refractivity contribution in [3.05, 3.63) is 52.0 Å². The Bertz CT molecular complexity index is 748. The summed E-state index contributed by atoms with van der Waals surface area (Å²) in [5.41, 5.74) is 0.613. The lowest BCUT2D eigenvalue weighted by Crippen LogP contribution is -2.15. The average Bonchev–Trinajstić information content (AvgIpc) is 2.56. The van der Waals surface area contributed by atoms with E-state index in [2.05, 4.69) is 5.16 Å². The molecule has 0 aliphatic rings. The first kappa shape index (κ1) is 21.2. The SMILES string of the molecule is CC(C)(C)O/N=C/c1ccc(OCCCOc2c(Cl)cc(O)cc2Cl)cc1. The van der Waals surface area contributed by atoms with Crippen LogP contribution in [0.25, 0.3) is 0 Å². The maximum atomic E-state index is 9.40. The summed E-state index contributed by atoms with van der Waals surface area (Å²) in [7, 11) is 0. The number of halogens is 2. The van der Waals surface area contributed by atoms with Gasteiger partial charge in [0, 0.05) is 18.6 Å².